The van der Waals surface area contributed by atoms with Crippen LogP contribution in [0, 0.1) is 0 Å². The molecule has 0 atom stereocenters. The third-order valence-corrected chi connectivity index (χ3v) is 4.70. The van der Waals surface area contributed by atoms with Crippen molar-refractivity contribution in [3.8, 4) is 11.1 Å². The monoisotopic (exact) mass is 299 g/mol. The Balaban J connectivity index is 1.76. The molecule has 0 amide bonds. The second-order valence-corrected chi connectivity index (χ2v) is 6.53. The van der Waals surface area contributed by atoms with Crippen molar-refractivity contribution in [1.29, 1.82) is 0 Å². The molecule has 1 aliphatic carbocycles. The number of benzene rings is 3. The van der Waals surface area contributed by atoms with Crippen LogP contribution in [0.25, 0.3) is 11.1 Å². The molecular formula is C22H21N. The second-order valence-electron chi connectivity index (χ2n) is 6.53. The first-order valence-electron chi connectivity index (χ1n) is 8.30. The zero-order chi connectivity index (χ0) is 15.8. The number of para-hydroxylation sites is 1. The molecule has 0 aromatic heterocycles. The molecule has 0 heterocycles. The highest BCUT2D eigenvalue weighted by molar-refractivity contribution is 5.83. The van der Waals surface area contributed by atoms with Gasteiger partial charge >= 0.3 is 0 Å². The molecule has 1 nitrogen and oxygen atoms in total. The second kappa shape index (κ2) is 5.58. The van der Waals surface area contributed by atoms with Gasteiger partial charge in [0.2, 0.25) is 0 Å². The Bertz CT molecular complexity index is 861. The van der Waals surface area contributed by atoms with Gasteiger partial charge in [-0.2, -0.15) is 0 Å². The van der Waals surface area contributed by atoms with E-state index in [-0.39, 0.29) is 0 Å². The maximum atomic E-state index is 3.69. The first kappa shape index (κ1) is 14.1. The van der Waals surface area contributed by atoms with Crippen molar-refractivity contribution in [1.82, 2.24) is 0 Å². The minimum absolute atomic E-state index is 0.507. The molecule has 0 spiro atoms. The lowest BCUT2D eigenvalue weighted by Crippen LogP contribution is -2.00. The van der Waals surface area contributed by atoms with E-state index in [0.29, 0.717) is 5.92 Å². The predicted molar refractivity (Wildman–Crippen MR) is 98.5 cm³/mol. The largest absolute Gasteiger partial charge is 0.355 e. The molecule has 0 fully saturated rings. The Morgan fingerprint density at radius 1 is 0.739 bits per heavy atom. The minimum Gasteiger partial charge on any atom is -0.355 e. The summed E-state index contributed by atoms with van der Waals surface area (Å²) in [4.78, 5) is 0. The quantitative estimate of drug-likeness (QED) is 0.480. The Kier molecular flexibility index (Phi) is 3.42. The minimum atomic E-state index is 0.507. The molecule has 3 aromatic carbocycles. The Morgan fingerprint density at radius 2 is 1.43 bits per heavy atom. The van der Waals surface area contributed by atoms with Crippen LogP contribution in [0.3, 0.4) is 0 Å². The van der Waals surface area contributed by atoms with Gasteiger partial charge in [-0.25, -0.2) is 0 Å². The smallest absolute Gasteiger partial charge is 0.0426 e. The summed E-state index contributed by atoms with van der Waals surface area (Å²) < 4.78 is 0. The van der Waals surface area contributed by atoms with Crippen LogP contribution in [-0.4, -0.2) is 0 Å². The van der Waals surface area contributed by atoms with E-state index in [1.54, 1.807) is 0 Å². The summed E-state index contributed by atoms with van der Waals surface area (Å²) in [6.45, 7) is 4.48. The van der Waals surface area contributed by atoms with Crippen LogP contribution in [0.5, 0.6) is 0 Å². The van der Waals surface area contributed by atoms with Crippen molar-refractivity contribution in [2.75, 3.05) is 5.32 Å². The summed E-state index contributed by atoms with van der Waals surface area (Å²) in [6.07, 6.45) is 1.01. The molecule has 3 aromatic rings. The fourth-order valence-electron chi connectivity index (χ4n) is 3.53. The van der Waals surface area contributed by atoms with E-state index >= 15 is 0 Å². The lowest BCUT2D eigenvalue weighted by molar-refractivity contribution is 0.869. The van der Waals surface area contributed by atoms with Gasteiger partial charge < -0.3 is 5.32 Å². The molecule has 0 saturated heterocycles. The van der Waals surface area contributed by atoms with Crippen LogP contribution in [0.15, 0.2) is 66.7 Å². The van der Waals surface area contributed by atoms with E-state index in [4.69, 9.17) is 0 Å². The maximum absolute atomic E-state index is 3.69. The molecule has 0 bridgehead atoms. The number of nitrogens with one attached hydrogen (secondary N) is 1. The molecular weight excluding hydrogens is 278 g/mol. The highest BCUT2D eigenvalue weighted by Crippen LogP contribution is 2.41. The van der Waals surface area contributed by atoms with Crippen molar-refractivity contribution in [2.45, 2.75) is 26.2 Å². The summed E-state index contributed by atoms with van der Waals surface area (Å²) in [5.74, 6) is 0.507. The molecule has 0 radical (unpaired) electrons. The topological polar surface area (TPSA) is 12.0 Å². The van der Waals surface area contributed by atoms with Crippen LogP contribution < -0.4 is 5.32 Å². The number of hydrogen-bond donors (Lipinski definition) is 1. The SMILES string of the molecule is CC(C)c1ccccc1Nc1cccc2c1Cc1ccccc1-2. The van der Waals surface area contributed by atoms with Crippen molar-refractivity contribution in [3.63, 3.8) is 0 Å². The van der Waals surface area contributed by atoms with E-state index in [0.717, 1.165) is 6.42 Å². The lowest BCUT2D eigenvalue weighted by Gasteiger charge is -2.17. The summed E-state index contributed by atoms with van der Waals surface area (Å²) in [7, 11) is 0. The van der Waals surface area contributed by atoms with Crippen LogP contribution in [0.2, 0.25) is 0 Å². The summed E-state index contributed by atoms with van der Waals surface area (Å²) in [6, 6.07) is 23.9. The summed E-state index contributed by atoms with van der Waals surface area (Å²) >= 11 is 0. The first-order valence-corrected chi connectivity index (χ1v) is 8.30. The normalized spacial score (nSPS) is 12.1. The van der Waals surface area contributed by atoms with E-state index < -0.39 is 0 Å². The highest BCUT2D eigenvalue weighted by atomic mass is 14.9. The molecule has 4 rings (SSSR count). The summed E-state index contributed by atoms with van der Waals surface area (Å²) in [5, 5.41) is 3.69. The van der Waals surface area contributed by atoms with Gasteiger partial charge in [-0.1, -0.05) is 68.4 Å². The van der Waals surface area contributed by atoms with Gasteiger partial charge in [0, 0.05) is 17.8 Å². The van der Waals surface area contributed by atoms with E-state index in [1.165, 1.54) is 39.2 Å². The fourth-order valence-corrected chi connectivity index (χ4v) is 3.53. The Labute approximate surface area is 138 Å². The van der Waals surface area contributed by atoms with Crippen molar-refractivity contribution in [2.24, 2.45) is 0 Å². The molecule has 114 valence electrons. The van der Waals surface area contributed by atoms with Crippen molar-refractivity contribution in [3.05, 3.63) is 83.4 Å². The summed E-state index contributed by atoms with van der Waals surface area (Å²) in [5.41, 5.74) is 9.39. The molecule has 1 heteroatoms. The van der Waals surface area contributed by atoms with Crippen molar-refractivity contribution >= 4 is 11.4 Å². The number of fused-ring (bicyclic) bond motifs is 3. The van der Waals surface area contributed by atoms with Crippen LogP contribution in [0.1, 0.15) is 36.5 Å². The van der Waals surface area contributed by atoms with Crippen LogP contribution in [-0.2, 0) is 6.42 Å². The van der Waals surface area contributed by atoms with Gasteiger partial charge in [0.05, 0.1) is 0 Å². The highest BCUT2D eigenvalue weighted by Gasteiger charge is 2.20. The van der Waals surface area contributed by atoms with Gasteiger partial charge in [-0.3, -0.25) is 0 Å². The molecule has 23 heavy (non-hydrogen) atoms. The van der Waals surface area contributed by atoms with Crippen LogP contribution >= 0.6 is 0 Å². The maximum Gasteiger partial charge on any atom is 0.0426 e. The number of anilines is 2. The van der Waals surface area contributed by atoms with E-state index in [2.05, 4.69) is 85.9 Å². The predicted octanol–water partition coefficient (Wildman–Crippen LogP) is 6.12. The van der Waals surface area contributed by atoms with Gasteiger partial charge in [0.1, 0.15) is 0 Å². The zero-order valence-electron chi connectivity index (χ0n) is 13.6. The average molecular weight is 299 g/mol. The lowest BCUT2D eigenvalue weighted by atomic mass is 10.00. The van der Waals surface area contributed by atoms with E-state index in [1.807, 2.05) is 0 Å². The Morgan fingerprint density at radius 3 is 2.30 bits per heavy atom. The molecule has 1 N–H and O–H groups in total. The van der Waals surface area contributed by atoms with Crippen LogP contribution in [0.4, 0.5) is 11.4 Å². The van der Waals surface area contributed by atoms with Gasteiger partial charge in [0.15, 0.2) is 0 Å². The Hall–Kier alpha value is -2.54. The molecule has 0 unspecified atom stereocenters. The molecule has 0 aliphatic heterocycles. The first-order chi connectivity index (χ1) is 11.2. The third-order valence-electron chi connectivity index (χ3n) is 4.70. The van der Waals surface area contributed by atoms with Gasteiger partial charge in [-0.05, 0) is 45.9 Å². The third kappa shape index (κ3) is 2.43. The zero-order valence-corrected chi connectivity index (χ0v) is 13.6. The number of hydrogen-bond acceptors (Lipinski definition) is 1. The van der Waals surface area contributed by atoms with E-state index in [9.17, 15) is 0 Å². The standard InChI is InChI=1S/C22H21N/c1-15(2)17-9-5-6-12-21(17)23-22-13-7-11-19-18-10-4-3-8-16(18)14-20(19)22/h3-13,15,23H,14H2,1-2H3. The number of rotatable bonds is 3. The van der Waals surface area contributed by atoms with Gasteiger partial charge in [-0.15, -0.1) is 0 Å². The van der Waals surface area contributed by atoms with Gasteiger partial charge in [0.25, 0.3) is 0 Å². The fraction of sp³-hybridized carbons (Fsp3) is 0.182. The molecule has 0 saturated carbocycles. The molecule has 1 aliphatic rings. The van der Waals surface area contributed by atoms with Crippen molar-refractivity contribution < 1.29 is 0 Å². The average Bonchev–Trinajstić information content (AvgIpc) is 2.95.